The van der Waals surface area contributed by atoms with Crippen molar-refractivity contribution in [1.82, 2.24) is 4.90 Å². The Balaban J connectivity index is 1.99. The third-order valence-corrected chi connectivity index (χ3v) is 4.47. The van der Waals surface area contributed by atoms with E-state index >= 15 is 0 Å². The maximum atomic E-state index is 12.4. The standard InChI is InChI=1S/C14H24N2O3/c1-2-3-12(15)14(19)16-10-4-5-11(16)7-9(6-10)8-13(17)18/h9-12H,2-8,15H2,1H3,(H,17,18)/t9?,10?,11?,12-/m1/s1. The number of fused-ring (bicyclic) bond motifs is 2. The van der Waals surface area contributed by atoms with Gasteiger partial charge in [-0.25, -0.2) is 0 Å². The third kappa shape index (κ3) is 3.08. The van der Waals surface area contributed by atoms with Crippen LogP contribution in [0.25, 0.3) is 0 Å². The van der Waals surface area contributed by atoms with Crippen LogP contribution in [0.5, 0.6) is 0 Å². The SMILES string of the molecule is CCC[C@@H](N)C(=O)N1C2CCC1CC(CC(=O)O)C2. The van der Waals surface area contributed by atoms with E-state index in [1.54, 1.807) is 0 Å². The van der Waals surface area contributed by atoms with Gasteiger partial charge >= 0.3 is 5.97 Å². The van der Waals surface area contributed by atoms with Gasteiger partial charge in [-0.1, -0.05) is 13.3 Å². The molecular weight excluding hydrogens is 244 g/mol. The molecule has 0 radical (unpaired) electrons. The van der Waals surface area contributed by atoms with Crippen molar-refractivity contribution in [3.05, 3.63) is 0 Å². The third-order valence-electron chi connectivity index (χ3n) is 4.47. The van der Waals surface area contributed by atoms with Gasteiger partial charge in [0.15, 0.2) is 0 Å². The van der Waals surface area contributed by atoms with Gasteiger partial charge in [0, 0.05) is 18.5 Å². The van der Waals surface area contributed by atoms with Gasteiger partial charge in [-0.05, 0) is 38.0 Å². The molecule has 0 aromatic carbocycles. The van der Waals surface area contributed by atoms with Crippen LogP contribution in [0.1, 0.15) is 51.9 Å². The molecule has 2 bridgehead atoms. The molecule has 0 aromatic rings. The van der Waals surface area contributed by atoms with Crippen molar-refractivity contribution in [2.75, 3.05) is 0 Å². The van der Waals surface area contributed by atoms with Crippen molar-refractivity contribution >= 4 is 11.9 Å². The first kappa shape index (κ1) is 14.3. The molecule has 3 atom stereocenters. The van der Waals surface area contributed by atoms with E-state index in [-0.39, 0.29) is 36.4 Å². The molecule has 0 aromatic heterocycles. The smallest absolute Gasteiger partial charge is 0.303 e. The Bertz CT molecular complexity index is 345. The monoisotopic (exact) mass is 268 g/mol. The molecule has 0 saturated carbocycles. The number of carbonyl (C=O) groups excluding carboxylic acids is 1. The minimum Gasteiger partial charge on any atom is -0.481 e. The van der Waals surface area contributed by atoms with Crippen LogP contribution in [-0.4, -0.2) is 40.0 Å². The van der Waals surface area contributed by atoms with Gasteiger partial charge < -0.3 is 15.7 Å². The summed E-state index contributed by atoms with van der Waals surface area (Å²) < 4.78 is 0. The van der Waals surface area contributed by atoms with Gasteiger partial charge in [0.25, 0.3) is 0 Å². The lowest BCUT2D eigenvalue weighted by Gasteiger charge is -2.39. The summed E-state index contributed by atoms with van der Waals surface area (Å²) in [5.74, 6) is -0.434. The average Bonchev–Trinajstić information content (AvgIpc) is 2.59. The first-order valence-corrected chi connectivity index (χ1v) is 7.32. The molecule has 1 amide bonds. The van der Waals surface area contributed by atoms with Crippen molar-refractivity contribution < 1.29 is 14.7 Å². The molecule has 2 aliphatic heterocycles. The molecule has 2 rings (SSSR count). The van der Waals surface area contributed by atoms with Crippen molar-refractivity contribution in [3.8, 4) is 0 Å². The zero-order chi connectivity index (χ0) is 14.0. The Morgan fingerprint density at radius 1 is 1.32 bits per heavy atom. The van der Waals surface area contributed by atoms with Crippen LogP contribution in [0.15, 0.2) is 0 Å². The van der Waals surface area contributed by atoms with Crippen LogP contribution >= 0.6 is 0 Å². The minimum atomic E-state index is -0.730. The minimum absolute atomic E-state index is 0.0723. The molecule has 19 heavy (non-hydrogen) atoms. The maximum Gasteiger partial charge on any atom is 0.303 e. The molecule has 5 nitrogen and oxygen atoms in total. The normalized spacial score (nSPS) is 31.3. The van der Waals surface area contributed by atoms with Crippen molar-refractivity contribution in [2.45, 2.75) is 70.0 Å². The van der Waals surface area contributed by atoms with E-state index in [0.717, 1.165) is 38.5 Å². The number of nitrogens with zero attached hydrogens (tertiary/aromatic N) is 1. The molecule has 5 heteroatoms. The maximum absolute atomic E-state index is 12.4. The molecule has 2 unspecified atom stereocenters. The first-order chi connectivity index (χ1) is 9.02. The van der Waals surface area contributed by atoms with Crippen LogP contribution < -0.4 is 5.73 Å². The van der Waals surface area contributed by atoms with Crippen LogP contribution in [-0.2, 0) is 9.59 Å². The molecule has 2 fully saturated rings. The summed E-state index contributed by atoms with van der Waals surface area (Å²) in [4.78, 5) is 25.1. The lowest BCUT2D eigenvalue weighted by molar-refractivity contribution is -0.140. The average molecular weight is 268 g/mol. The first-order valence-electron chi connectivity index (χ1n) is 7.32. The van der Waals surface area contributed by atoms with Gasteiger partial charge in [0.2, 0.25) is 5.91 Å². The number of amides is 1. The highest BCUT2D eigenvalue weighted by Gasteiger charge is 2.44. The van der Waals surface area contributed by atoms with E-state index < -0.39 is 5.97 Å². The van der Waals surface area contributed by atoms with Gasteiger partial charge in [-0.3, -0.25) is 9.59 Å². The van der Waals surface area contributed by atoms with Crippen LogP contribution in [0, 0.1) is 5.92 Å². The Labute approximate surface area is 114 Å². The molecule has 2 saturated heterocycles. The predicted molar refractivity (Wildman–Crippen MR) is 71.5 cm³/mol. The second-order valence-corrected chi connectivity index (χ2v) is 5.96. The zero-order valence-electron chi connectivity index (χ0n) is 11.5. The van der Waals surface area contributed by atoms with E-state index in [0.29, 0.717) is 0 Å². The number of nitrogens with two attached hydrogens (primary N) is 1. The summed E-state index contributed by atoms with van der Waals surface area (Å²) >= 11 is 0. The molecule has 2 aliphatic rings. The summed E-state index contributed by atoms with van der Waals surface area (Å²) in [6, 6.07) is 0.0566. The fourth-order valence-electron chi connectivity index (χ4n) is 3.69. The molecule has 108 valence electrons. The fraction of sp³-hybridized carbons (Fsp3) is 0.857. The highest BCUT2D eigenvalue weighted by Crippen LogP contribution is 2.40. The Morgan fingerprint density at radius 2 is 1.89 bits per heavy atom. The molecule has 3 N–H and O–H groups in total. The summed E-state index contributed by atoms with van der Waals surface area (Å²) in [6.07, 6.45) is 5.54. The van der Waals surface area contributed by atoms with E-state index in [2.05, 4.69) is 0 Å². The van der Waals surface area contributed by atoms with E-state index in [1.165, 1.54) is 0 Å². The van der Waals surface area contributed by atoms with E-state index in [1.807, 2.05) is 11.8 Å². The lowest BCUT2D eigenvalue weighted by Crippen LogP contribution is -2.52. The number of carboxylic acid groups (broad SMARTS) is 1. The van der Waals surface area contributed by atoms with Crippen LogP contribution in [0.2, 0.25) is 0 Å². The largest absolute Gasteiger partial charge is 0.481 e. The Hall–Kier alpha value is -1.10. The fourth-order valence-corrected chi connectivity index (χ4v) is 3.69. The van der Waals surface area contributed by atoms with E-state index in [9.17, 15) is 9.59 Å². The molecule has 2 heterocycles. The van der Waals surface area contributed by atoms with Crippen LogP contribution in [0.4, 0.5) is 0 Å². The second kappa shape index (κ2) is 5.90. The van der Waals surface area contributed by atoms with Crippen LogP contribution in [0.3, 0.4) is 0 Å². The summed E-state index contributed by atoms with van der Waals surface area (Å²) in [6.45, 7) is 2.03. The van der Waals surface area contributed by atoms with Crippen molar-refractivity contribution in [1.29, 1.82) is 0 Å². The zero-order valence-corrected chi connectivity index (χ0v) is 11.5. The van der Waals surface area contributed by atoms with Gasteiger partial charge in [-0.15, -0.1) is 0 Å². The van der Waals surface area contributed by atoms with Gasteiger partial charge in [0.05, 0.1) is 6.04 Å². The predicted octanol–water partition coefficient (Wildman–Crippen LogP) is 1.36. The quantitative estimate of drug-likeness (QED) is 0.788. The lowest BCUT2D eigenvalue weighted by atomic mass is 9.87. The highest BCUT2D eigenvalue weighted by molar-refractivity contribution is 5.82. The summed E-state index contributed by atoms with van der Waals surface area (Å²) in [7, 11) is 0. The number of aliphatic carboxylic acids is 1. The number of hydrogen-bond acceptors (Lipinski definition) is 3. The summed E-state index contributed by atoms with van der Waals surface area (Å²) in [5.41, 5.74) is 5.94. The van der Waals surface area contributed by atoms with Crippen molar-refractivity contribution in [3.63, 3.8) is 0 Å². The molecule has 0 spiro atoms. The second-order valence-electron chi connectivity index (χ2n) is 5.96. The van der Waals surface area contributed by atoms with Crippen molar-refractivity contribution in [2.24, 2.45) is 11.7 Å². The number of piperidine rings is 1. The highest BCUT2D eigenvalue weighted by atomic mass is 16.4. The topological polar surface area (TPSA) is 83.6 Å². The number of carbonyl (C=O) groups is 2. The molecule has 0 aliphatic carbocycles. The number of rotatable bonds is 5. The number of hydrogen-bond donors (Lipinski definition) is 2. The summed E-state index contributed by atoms with van der Waals surface area (Å²) in [5, 5.41) is 8.89. The van der Waals surface area contributed by atoms with Gasteiger partial charge in [0.1, 0.15) is 0 Å². The Morgan fingerprint density at radius 3 is 2.37 bits per heavy atom. The Kier molecular flexibility index (Phi) is 4.45. The van der Waals surface area contributed by atoms with Gasteiger partial charge in [-0.2, -0.15) is 0 Å². The molecular formula is C14H24N2O3. The van der Waals surface area contributed by atoms with E-state index in [4.69, 9.17) is 10.8 Å². The number of carboxylic acids is 1.